The number of nitrogens with one attached hydrogen (secondary N) is 1. The van der Waals surface area contributed by atoms with E-state index in [0.717, 1.165) is 24.0 Å². The number of hydrogen-bond donors (Lipinski definition) is 1. The van der Waals surface area contributed by atoms with Crippen molar-refractivity contribution in [2.24, 2.45) is 14.1 Å². The van der Waals surface area contributed by atoms with E-state index in [1.807, 2.05) is 14.1 Å². The van der Waals surface area contributed by atoms with Crippen LogP contribution >= 0.6 is 0 Å². The van der Waals surface area contributed by atoms with Crippen molar-refractivity contribution in [2.75, 3.05) is 6.54 Å². The highest BCUT2D eigenvalue weighted by Crippen LogP contribution is 2.17. The van der Waals surface area contributed by atoms with Crippen molar-refractivity contribution in [3.63, 3.8) is 0 Å². The highest BCUT2D eigenvalue weighted by Gasteiger charge is 2.14. The monoisotopic (exact) mass is 259 g/mol. The summed E-state index contributed by atoms with van der Waals surface area (Å²) in [7, 11) is 3.67. The lowest BCUT2D eigenvalue weighted by atomic mass is 9.97. The molecule has 1 aromatic heterocycles. The molecule has 1 atom stereocenters. The van der Waals surface area contributed by atoms with E-state index < -0.39 is 0 Å². The Bertz CT molecular complexity index is 647. The van der Waals surface area contributed by atoms with Crippen LogP contribution in [-0.4, -0.2) is 21.7 Å². The predicted molar refractivity (Wildman–Crippen MR) is 77.5 cm³/mol. The molecule has 0 saturated carbocycles. The Labute approximate surface area is 113 Å². The Hall–Kier alpha value is -1.55. The Morgan fingerprint density at radius 1 is 1.21 bits per heavy atom. The average molecular weight is 259 g/mol. The van der Waals surface area contributed by atoms with Crippen LogP contribution in [0.25, 0.3) is 11.0 Å². The van der Waals surface area contributed by atoms with Gasteiger partial charge in [0, 0.05) is 20.1 Å². The number of piperidine rings is 1. The first-order chi connectivity index (χ1) is 9.16. The van der Waals surface area contributed by atoms with E-state index in [4.69, 9.17) is 0 Å². The van der Waals surface area contributed by atoms with Gasteiger partial charge < -0.3 is 5.32 Å². The molecular formula is C15H21N3O. The molecule has 2 heterocycles. The summed E-state index contributed by atoms with van der Waals surface area (Å²) < 4.78 is 3.44. The summed E-state index contributed by atoms with van der Waals surface area (Å²) >= 11 is 0. The molecule has 4 nitrogen and oxygen atoms in total. The van der Waals surface area contributed by atoms with Crippen molar-refractivity contribution in [1.29, 1.82) is 0 Å². The summed E-state index contributed by atoms with van der Waals surface area (Å²) in [6.07, 6.45) is 4.93. The van der Waals surface area contributed by atoms with Gasteiger partial charge in [0.25, 0.3) is 0 Å². The number of benzene rings is 1. The van der Waals surface area contributed by atoms with Gasteiger partial charge in [0.2, 0.25) is 0 Å². The lowest BCUT2D eigenvalue weighted by molar-refractivity contribution is 0.399. The van der Waals surface area contributed by atoms with Gasteiger partial charge in [-0.2, -0.15) is 0 Å². The molecule has 1 aliphatic heterocycles. The zero-order chi connectivity index (χ0) is 13.4. The maximum absolute atomic E-state index is 11.9. The molecule has 0 spiro atoms. The van der Waals surface area contributed by atoms with Crippen LogP contribution in [0.5, 0.6) is 0 Å². The van der Waals surface area contributed by atoms with Crippen LogP contribution in [0.1, 0.15) is 24.8 Å². The Morgan fingerprint density at radius 2 is 2.00 bits per heavy atom. The van der Waals surface area contributed by atoms with Crippen LogP contribution in [0.2, 0.25) is 0 Å². The second-order valence-electron chi connectivity index (χ2n) is 5.57. The third-order valence-electron chi connectivity index (χ3n) is 4.23. The van der Waals surface area contributed by atoms with Gasteiger partial charge in [0.05, 0.1) is 11.0 Å². The second-order valence-corrected chi connectivity index (χ2v) is 5.57. The third-order valence-corrected chi connectivity index (χ3v) is 4.23. The molecule has 2 aromatic rings. The molecule has 1 saturated heterocycles. The minimum atomic E-state index is 0.0444. The van der Waals surface area contributed by atoms with E-state index in [0.29, 0.717) is 6.04 Å². The summed E-state index contributed by atoms with van der Waals surface area (Å²) in [5, 5.41) is 3.57. The summed E-state index contributed by atoms with van der Waals surface area (Å²) in [6, 6.07) is 6.96. The third kappa shape index (κ3) is 2.21. The van der Waals surface area contributed by atoms with Gasteiger partial charge in [-0.1, -0.05) is 12.5 Å². The SMILES string of the molecule is Cn1c(=O)n(C)c2cc(CC3CCCCN3)ccc21. The van der Waals surface area contributed by atoms with E-state index in [1.165, 1.54) is 24.8 Å². The maximum atomic E-state index is 11.9. The van der Waals surface area contributed by atoms with E-state index in [2.05, 4.69) is 23.5 Å². The van der Waals surface area contributed by atoms with Gasteiger partial charge in [-0.25, -0.2) is 4.79 Å². The van der Waals surface area contributed by atoms with E-state index in [9.17, 15) is 4.79 Å². The summed E-state index contributed by atoms with van der Waals surface area (Å²) in [5.41, 5.74) is 3.39. The van der Waals surface area contributed by atoms with Crippen LogP contribution < -0.4 is 11.0 Å². The molecule has 0 aliphatic carbocycles. The largest absolute Gasteiger partial charge is 0.328 e. The average Bonchev–Trinajstić information content (AvgIpc) is 2.65. The molecule has 1 unspecified atom stereocenters. The number of aromatic nitrogens is 2. The molecule has 19 heavy (non-hydrogen) atoms. The minimum Gasteiger partial charge on any atom is -0.314 e. The van der Waals surface area contributed by atoms with E-state index >= 15 is 0 Å². The molecule has 102 valence electrons. The van der Waals surface area contributed by atoms with Crippen molar-refractivity contribution in [3.8, 4) is 0 Å². The number of rotatable bonds is 2. The molecule has 1 aromatic carbocycles. The molecule has 0 amide bonds. The standard InChI is InChI=1S/C15H21N3O/c1-17-13-7-6-11(9-12-5-3-4-8-16-12)10-14(13)18(2)15(17)19/h6-7,10,12,16H,3-5,8-9H2,1-2H3. The van der Waals surface area contributed by atoms with Gasteiger partial charge >= 0.3 is 5.69 Å². The van der Waals surface area contributed by atoms with Crippen molar-refractivity contribution >= 4 is 11.0 Å². The highest BCUT2D eigenvalue weighted by molar-refractivity contribution is 5.76. The normalized spacial score (nSPS) is 20.0. The van der Waals surface area contributed by atoms with Crippen LogP contribution in [0.3, 0.4) is 0 Å². The minimum absolute atomic E-state index is 0.0444. The van der Waals surface area contributed by atoms with Gasteiger partial charge in [0.15, 0.2) is 0 Å². The molecule has 4 heteroatoms. The van der Waals surface area contributed by atoms with Crippen LogP contribution in [0.15, 0.2) is 23.0 Å². The Kier molecular flexibility index (Phi) is 3.19. The van der Waals surface area contributed by atoms with Crippen LogP contribution in [0, 0.1) is 0 Å². The van der Waals surface area contributed by atoms with Crippen molar-refractivity contribution in [1.82, 2.24) is 14.5 Å². The molecular weight excluding hydrogens is 238 g/mol. The van der Waals surface area contributed by atoms with E-state index in [1.54, 1.807) is 9.13 Å². The summed E-state index contributed by atoms with van der Waals surface area (Å²) in [4.78, 5) is 11.9. The highest BCUT2D eigenvalue weighted by atomic mass is 16.1. The zero-order valence-electron chi connectivity index (χ0n) is 11.6. The fourth-order valence-corrected chi connectivity index (χ4v) is 3.06. The Morgan fingerprint density at radius 3 is 2.74 bits per heavy atom. The van der Waals surface area contributed by atoms with Crippen molar-refractivity contribution in [3.05, 3.63) is 34.2 Å². The van der Waals surface area contributed by atoms with Crippen LogP contribution in [0.4, 0.5) is 0 Å². The molecule has 3 rings (SSSR count). The van der Waals surface area contributed by atoms with Gasteiger partial charge in [-0.3, -0.25) is 9.13 Å². The van der Waals surface area contributed by atoms with E-state index in [-0.39, 0.29) is 5.69 Å². The summed E-state index contributed by atoms with van der Waals surface area (Å²) in [6.45, 7) is 1.14. The molecule has 1 fully saturated rings. The van der Waals surface area contributed by atoms with Crippen LogP contribution in [-0.2, 0) is 20.5 Å². The van der Waals surface area contributed by atoms with Crippen molar-refractivity contribution < 1.29 is 0 Å². The lowest BCUT2D eigenvalue weighted by Gasteiger charge is -2.23. The molecule has 1 N–H and O–H groups in total. The summed E-state index contributed by atoms with van der Waals surface area (Å²) in [5.74, 6) is 0. The molecule has 1 aliphatic rings. The van der Waals surface area contributed by atoms with Crippen molar-refractivity contribution in [2.45, 2.75) is 31.7 Å². The first kappa shape index (κ1) is 12.5. The van der Waals surface area contributed by atoms with Gasteiger partial charge in [-0.15, -0.1) is 0 Å². The fraction of sp³-hybridized carbons (Fsp3) is 0.533. The maximum Gasteiger partial charge on any atom is 0.328 e. The quantitative estimate of drug-likeness (QED) is 0.889. The number of nitrogens with zero attached hydrogens (tertiary/aromatic N) is 2. The smallest absolute Gasteiger partial charge is 0.314 e. The number of imidazole rings is 1. The first-order valence-corrected chi connectivity index (χ1v) is 7.04. The second kappa shape index (κ2) is 4.85. The number of fused-ring (bicyclic) bond motifs is 1. The molecule has 0 radical (unpaired) electrons. The van der Waals surface area contributed by atoms with Gasteiger partial charge in [-0.05, 0) is 43.5 Å². The predicted octanol–water partition coefficient (Wildman–Crippen LogP) is 1.56. The first-order valence-electron chi connectivity index (χ1n) is 7.04. The molecule has 0 bridgehead atoms. The Balaban J connectivity index is 1.93. The lowest BCUT2D eigenvalue weighted by Crippen LogP contribution is -2.35. The number of aryl methyl sites for hydroxylation is 2. The van der Waals surface area contributed by atoms with Gasteiger partial charge in [0.1, 0.15) is 0 Å². The fourth-order valence-electron chi connectivity index (χ4n) is 3.06. The number of hydrogen-bond acceptors (Lipinski definition) is 2. The topological polar surface area (TPSA) is 39.0 Å². The zero-order valence-corrected chi connectivity index (χ0v) is 11.6.